The van der Waals surface area contributed by atoms with E-state index in [1.807, 2.05) is 24.4 Å². The highest BCUT2D eigenvalue weighted by molar-refractivity contribution is 6.80. The molecule has 0 unspecified atom stereocenters. The van der Waals surface area contributed by atoms with Crippen LogP contribution in [0.15, 0.2) is 72.9 Å². The second-order valence-electron chi connectivity index (χ2n) is 6.04. The maximum absolute atomic E-state index is 6.34. The molecule has 1 heterocycles. The first-order valence-electron chi connectivity index (χ1n) is 8.38. The quantitative estimate of drug-likeness (QED) is 0.652. The van der Waals surface area contributed by atoms with Crippen molar-refractivity contribution in [3.8, 4) is 0 Å². The van der Waals surface area contributed by atoms with Gasteiger partial charge in [-0.25, -0.2) is 0 Å². The summed E-state index contributed by atoms with van der Waals surface area (Å²) in [6.45, 7) is 4.88. The highest BCUT2D eigenvalue weighted by atomic mass is 16.4. The fraction of sp³-hybridized carbons (Fsp3) is 0.190. The first-order valence-corrected chi connectivity index (χ1v) is 8.38. The molecule has 0 aliphatic carbocycles. The Kier molecular flexibility index (Phi) is 5.45. The Labute approximate surface area is 144 Å². The number of pyridine rings is 1. The van der Waals surface area contributed by atoms with Gasteiger partial charge in [-0.1, -0.05) is 65.7 Å². The van der Waals surface area contributed by atoms with Gasteiger partial charge in [0.1, 0.15) is 0 Å². The van der Waals surface area contributed by atoms with E-state index in [0.29, 0.717) is 6.61 Å². The van der Waals surface area contributed by atoms with Crippen LogP contribution in [0, 0.1) is 13.8 Å². The highest BCUT2D eigenvalue weighted by Gasteiger charge is 2.24. The number of aryl methyl sites for hydroxylation is 2. The van der Waals surface area contributed by atoms with Crippen LogP contribution in [0.5, 0.6) is 0 Å². The van der Waals surface area contributed by atoms with E-state index in [9.17, 15) is 0 Å². The van der Waals surface area contributed by atoms with Crippen LogP contribution in [0.1, 0.15) is 16.8 Å². The Morgan fingerprint density at radius 2 is 1.38 bits per heavy atom. The van der Waals surface area contributed by atoms with E-state index in [0.717, 1.165) is 12.1 Å². The van der Waals surface area contributed by atoms with Gasteiger partial charge in [-0.2, -0.15) is 0 Å². The molecule has 3 aromatic rings. The average molecular weight is 315 g/mol. The molecule has 2 aromatic carbocycles. The van der Waals surface area contributed by atoms with Crippen LogP contribution in [0.4, 0.5) is 0 Å². The van der Waals surface area contributed by atoms with Crippen LogP contribution < -0.4 is 10.9 Å². The lowest BCUT2D eigenvalue weighted by molar-refractivity contribution is 0.336. The summed E-state index contributed by atoms with van der Waals surface area (Å²) < 4.78 is 6.34. The molecule has 0 aliphatic heterocycles. The minimum absolute atomic E-state index is 0.0453. The van der Waals surface area contributed by atoms with E-state index < -0.39 is 0 Å². The third-order valence-electron chi connectivity index (χ3n) is 4.31. The minimum Gasteiger partial charge on any atom is -0.426 e. The first kappa shape index (κ1) is 16.5. The number of nitrogens with zero attached hydrogens (tertiary/aromatic N) is 1. The number of rotatable bonds is 6. The van der Waals surface area contributed by atoms with E-state index >= 15 is 0 Å². The van der Waals surface area contributed by atoms with Crippen molar-refractivity contribution in [1.82, 2.24) is 4.98 Å². The molecule has 0 spiro atoms. The predicted molar refractivity (Wildman–Crippen MR) is 101 cm³/mol. The van der Waals surface area contributed by atoms with Crippen LogP contribution in [-0.2, 0) is 11.1 Å². The van der Waals surface area contributed by atoms with Crippen molar-refractivity contribution in [2.45, 2.75) is 20.3 Å². The van der Waals surface area contributed by atoms with Crippen LogP contribution >= 0.6 is 0 Å². The molecule has 0 saturated heterocycles. The Bertz CT molecular complexity index is 743. The van der Waals surface area contributed by atoms with E-state index in [1.165, 1.54) is 22.1 Å². The fourth-order valence-electron chi connectivity index (χ4n) is 2.94. The molecular formula is C21H22BNO. The molecule has 2 nitrogen and oxygen atoms in total. The second-order valence-corrected chi connectivity index (χ2v) is 6.04. The molecule has 3 rings (SSSR count). The van der Waals surface area contributed by atoms with Crippen molar-refractivity contribution in [2.75, 3.05) is 6.61 Å². The van der Waals surface area contributed by atoms with Gasteiger partial charge in [0.15, 0.2) is 0 Å². The van der Waals surface area contributed by atoms with Gasteiger partial charge in [-0.3, -0.25) is 4.98 Å². The number of benzene rings is 2. The lowest BCUT2D eigenvalue weighted by Gasteiger charge is -2.19. The van der Waals surface area contributed by atoms with Gasteiger partial charge in [0.25, 0.3) is 0 Å². The number of hydrogen-bond acceptors (Lipinski definition) is 2. The molecule has 0 bridgehead atoms. The Morgan fingerprint density at radius 3 is 1.92 bits per heavy atom. The van der Waals surface area contributed by atoms with Crippen LogP contribution in [0.2, 0.25) is 0 Å². The van der Waals surface area contributed by atoms with Crippen molar-refractivity contribution < 1.29 is 4.65 Å². The normalized spacial score (nSPS) is 10.6. The van der Waals surface area contributed by atoms with Gasteiger partial charge in [0, 0.05) is 24.9 Å². The molecule has 120 valence electrons. The molecule has 0 saturated carbocycles. The standard InChI is InChI=1S/C21H22BNO/c1-17-9-3-5-12-20(17)22(21-13-6-4-10-18(21)2)24-16-14-19-11-7-8-15-23-19/h3-13,15H,14,16H2,1-2H3. The SMILES string of the molecule is Cc1ccccc1B(OCCc1ccccn1)c1ccccc1C. The molecule has 0 fully saturated rings. The molecular weight excluding hydrogens is 293 g/mol. The van der Waals surface area contributed by atoms with E-state index in [1.54, 1.807) is 0 Å². The zero-order valence-electron chi connectivity index (χ0n) is 14.3. The summed E-state index contributed by atoms with van der Waals surface area (Å²) in [7, 11) is 0. The zero-order valence-corrected chi connectivity index (χ0v) is 14.3. The fourth-order valence-corrected chi connectivity index (χ4v) is 2.94. The van der Waals surface area contributed by atoms with Crippen molar-refractivity contribution >= 4 is 17.8 Å². The average Bonchev–Trinajstić information content (AvgIpc) is 2.61. The number of hydrogen-bond donors (Lipinski definition) is 0. The second kappa shape index (κ2) is 7.94. The van der Waals surface area contributed by atoms with Crippen LogP contribution in [0.25, 0.3) is 0 Å². The summed E-state index contributed by atoms with van der Waals surface area (Å²) in [4.78, 5) is 4.38. The summed E-state index contributed by atoms with van der Waals surface area (Å²) >= 11 is 0. The van der Waals surface area contributed by atoms with Crippen molar-refractivity contribution in [2.24, 2.45) is 0 Å². The molecule has 0 atom stereocenters. The largest absolute Gasteiger partial charge is 0.426 e. The minimum atomic E-state index is -0.0453. The monoisotopic (exact) mass is 315 g/mol. The van der Waals surface area contributed by atoms with Gasteiger partial charge in [-0.05, 0) is 36.9 Å². The van der Waals surface area contributed by atoms with Gasteiger partial charge in [0.05, 0.1) is 0 Å². The lowest BCUT2D eigenvalue weighted by Crippen LogP contribution is -2.47. The van der Waals surface area contributed by atoms with Gasteiger partial charge >= 0.3 is 6.92 Å². The molecule has 24 heavy (non-hydrogen) atoms. The molecule has 0 amide bonds. The summed E-state index contributed by atoms with van der Waals surface area (Å²) in [6.07, 6.45) is 2.64. The van der Waals surface area contributed by atoms with Crippen molar-refractivity contribution in [3.05, 3.63) is 89.7 Å². The molecule has 1 aromatic heterocycles. The first-order chi connectivity index (χ1) is 11.8. The molecule has 0 N–H and O–H groups in total. The molecule has 3 heteroatoms. The predicted octanol–water partition coefficient (Wildman–Crippen LogP) is 3.06. The third-order valence-corrected chi connectivity index (χ3v) is 4.31. The Balaban J connectivity index is 1.83. The van der Waals surface area contributed by atoms with Crippen molar-refractivity contribution in [1.29, 1.82) is 0 Å². The summed E-state index contributed by atoms with van der Waals surface area (Å²) in [5.74, 6) is 0. The maximum Gasteiger partial charge on any atom is 0.362 e. The van der Waals surface area contributed by atoms with Crippen LogP contribution in [-0.4, -0.2) is 18.5 Å². The highest BCUT2D eigenvalue weighted by Crippen LogP contribution is 2.04. The zero-order chi connectivity index (χ0) is 16.8. The van der Waals surface area contributed by atoms with E-state index in [-0.39, 0.29) is 6.92 Å². The maximum atomic E-state index is 6.34. The topological polar surface area (TPSA) is 22.1 Å². The van der Waals surface area contributed by atoms with Gasteiger partial charge < -0.3 is 4.65 Å². The Morgan fingerprint density at radius 1 is 0.792 bits per heavy atom. The van der Waals surface area contributed by atoms with Gasteiger partial charge in [-0.15, -0.1) is 0 Å². The summed E-state index contributed by atoms with van der Waals surface area (Å²) in [6, 6.07) is 22.9. The van der Waals surface area contributed by atoms with Crippen molar-refractivity contribution in [3.63, 3.8) is 0 Å². The van der Waals surface area contributed by atoms with E-state index in [4.69, 9.17) is 4.65 Å². The summed E-state index contributed by atoms with van der Waals surface area (Å²) in [5.41, 5.74) is 6.03. The smallest absolute Gasteiger partial charge is 0.362 e. The Hall–Kier alpha value is -2.39. The van der Waals surface area contributed by atoms with Crippen LogP contribution in [0.3, 0.4) is 0 Å². The third kappa shape index (κ3) is 3.92. The molecule has 0 aliphatic rings. The molecule has 0 radical (unpaired) electrons. The van der Waals surface area contributed by atoms with E-state index in [2.05, 4.69) is 67.4 Å². The van der Waals surface area contributed by atoms with Gasteiger partial charge in [0.2, 0.25) is 0 Å². The lowest BCUT2D eigenvalue weighted by atomic mass is 9.53. The number of aromatic nitrogens is 1. The summed E-state index contributed by atoms with van der Waals surface area (Å²) in [5, 5.41) is 0.